The summed E-state index contributed by atoms with van der Waals surface area (Å²) in [6, 6.07) is 10.6. The molecule has 1 fully saturated rings. The first-order valence-electron chi connectivity index (χ1n) is 6.50. The summed E-state index contributed by atoms with van der Waals surface area (Å²) in [5.41, 5.74) is 1.08. The van der Waals surface area contributed by atoms with E-state index < -0.39 is 0 Å². The highest BCUT2D eigenvalue weighted by Gasteiger charge is 2.31. The van der Waals surface area contributed by atoms with Crippen LogP contribution in [0.4, 0.5) is 0 Å². The predicted molar refractivity (Wildman–Crippen MR) is 80.7 cm³/mol. The molecule has 0 amide bonds. The summed E-state index contributed by atoms with van der Waals surface area (Å²) in [6.45, 7) is 0. The van der Waals surface area contributed by atoms with Crippen molar-refractivity contribution in [1.29, 1.82) is 0 Å². The van der Waals surface area contributed by atoms with E-state index in [0.717, 1.165) is 17.8 Å². The van der Waals surface area contributed by atoms with Gasteiger partial charge in [0.05, 0.1) is 0 Å². The van der Waals surface area contributed by atoms with Crippen molar-refractivity contribution in [3.63, 3.8) is 0 Å². The minimum atomic E-state index is 0.410. The number of hydrogen-bond acceptors (Lipinski definition) is 3. The van der Waals surface area contributed by atoms with Gasteiger partial charge in [0.1, 0.15) is 0 Å². The maximum atomic E-state index is 6.28. The highest BCUT2D eigenvalue weighted by atomic mass is 35.5. The van der Waals surface area contributed by atoms with Crippen molar-refractivity contribution < 1.29 is 0 Å². The van der Waals surface area contributed by atoms with Crippen molar-refractivity contribution >= 4 is 23.4 Å². The average molecular weight is 294 g/mol. The smallest absolute Gasteiger partial charge is 0.225 e. The van der Waals surface area contributed by atoms with E-state index in [4.69, 9.17) is 11.6 Å². The first kappa shape index (κ1) is 13.0. The van der Waals surface area contributed by atoms with Crippen LogP contribution in [0.1, 0.15) is 25.3 Å². The Morgan fingerprint density at radius 3 is 2.74 bits per heavy atom. The summed E-state index contributed by atoms with van der Waals surface area (Å²) in [7, 11) is 0. The Bertz CT molecular complexity index is 555. The van der Waals surface area contributed by atoms with Crippen LogP contribution in [0.2, 0.25) is 5.28 Å². The molecule has 1 aromatic carbocycles. The molecule has 5 heteroatoms. The van der Waals surface area contributed by atoms with Crippen LogP contribution < -0.4 is 0 Å². The van der Waals surface area contributed by atoms with Crippen molar-refractivity contribution in [3.05, 3.63) is 35.6 Å². The molecule has 1 aliphatic rings. The summed E-state index contributed by atoms with van der Waals surface area (Å²) in [5, 5.41) is 9.46. The standard InChI is InChI=1S/C14H16ClN3S/c1-19-12-9-5-8-11(12)18-13(16-17-14(18)15)10-6-3-2-4-7-10/h2-4,6-7,11-12H,5,8-9H2,1H3. The minimum absolute atomic E-state index is 0.410. The number of benzene rings is 1. The van der Waals surface area contributed by atoms with E-state index in [1.165, 1.54) is 12.8 Å². The van der Waals surface area contributed by atoms with Crippen molar-refractivity contribution in [2.45, 2.75) is 30.6 Å². The van der Waals surface area contributed by atoms with E-state index in [0.29, 0.717) is 16.6 Å². The Morgan fingerprint density at radius 2 is 2.00 bits per heavy atom. The number of rotatable bonds is 3. The lowest BCUT2D eigenvalue weighted by Crippen LogP contribution is -2.17. The van der Waals surface area contributed by atoms with Crippen molar-refractivity contribution in [3.8, 4) is 11.4 Å². The molecular weight excluding hydrogens is 278 g/mol. The van der Waals surface area contributed by atoms with Crippen LogP contribution >= 0.6 is 23.4 Å². The SMILES string of the molecule is CSC1CCCC1n1c(Cl)nnc1-c1ccccc1. The van der Waals surface area contributed by atoms with Crippen LogP contribution in [0.15, 0.2) is 30.3 Å². The number of nitrogens with zero attached hydrogens (tertiary/aromatic N) is 3. The highest BCUT2D eigenvalue weighted by molar-refractivity contribution is 7.99. The second-order valence-corrected chi connectivity index (χ2v) is 6.22. The lowest BCUT2D eigenvalue weighted by atomic mass is 10.2. The number of halogens is 1. The maximum absolute atomic E-state index is 6.28. The molecule has 2 atom stereocenters. The quantitative estimate of drug-likeness (QED) is 0.855. The molecule has 3 rings (SSSR count). The normalized spacial score (nSPS) is 22.8. The van der Waals surface area contributed by atoms with Crippen LogP contribution in [0.25, 0.3) is 11.4 Å². The van der Waals surface area contributed by atoms with Crippen LogP contribution in [0.3, 0.4) is 0 Å². The molecule has 2 unspecified atom stereocenters. The zero-order valence-electron chi connectivity index (χ0n) is 10.8. The molecule has 1 aliphatic carbocycles. The van der Waals surface area contributed by atoms with E-state index in [2.05, 4.69) is 33.2 Å². The lowest BCUT2D eigenvalue weighted by Gasteiger charge is -2.21. The second-order valence-electron chi connectivity index (χ2n) is 4.80. The van der Waals surface area contributed by atoms with E-state index in [1.54, 1.807) is 0 Å². The fourth-order valence-electron chi connectivity index (χ4n) is 2.83. The molecular formula is C14H16ClN3S. The topological polar surface area (TPSA) is 30.7 Å². The van der Waals surface area contributed by atoms with Crippen LogP contribution in [0, 0.1) is 0 Å². The maximum Gasteiger partial charge on any atom is 0.225 e. The third kappa shape index (κ3) is 2.39. The van der Waals surface area contributed by atoms with Gasteiger partial charge >= 0.3 is 0 Å². The van der Waals surface area contributed by atoms with Gasteiger partial charge in [-0.25, -0.2) is 0 Å². The Kier molecular flexibility index (Phi) is 3.80. The van der Waals surface area contributed by atoms with Crippen LogP contribution in [0.5, 0.6) is 0 Å². The van der Waals surface area contributed by atoms with Gasteiger partial charge in [-0.15, -0.1) is 10.2 Å². The molecule has 0 N–H and O–H groups in total. The third-order valence-electron chi connectivity index (χ3n) is 3.74. The summed E-state index contributed by atoms with van der Waals surface area (Å²) in [6.07, 6.45) is 5.82. The molecule has 0 aliphatic heterocycles. The Morgan fingerprint density at radius 1 is 1.21 bits per heavy atom. The monoisotopic (exact) mass is 293 g/mol. The van der Waals surface area contributed by atoms with Crippen molar-refractivity contribution in [2.24, 2.45) is 0 Å². The van der Waals surface area contributed by atoms with Gasteiger partial charge in [-0.1, -0.05) is 36.8 Å². The number of hydrogen-bond donors (Lipinski definition) is 0. The molecule has 0 saturated heterocycles. The molecule has 1 heterocycles. The Hall–Kier alpha value is -1.00. The first-order chi connectivity index (χ1) is 9.31. The van der Waals surface area contributed by atoms with Gasteiger partial charge in [0.2, 0.25) is 5.28 Å². The number of thioether (sulfide) groups is 1. The molecule has 3 nitrogen and oxygen atoms in total. The molecule has 19 heavy (non-hydrogen) atoms. The Balaban J connectivity index is 2.04. The van der Waals surface area contributed by atoms with Crippen LogP contribution in [-0.4, -0.2) is 26.3 Å². The van der Waals surface area contributed by atoms with Crippen LogP contribution in [-0.2, 0) is 0 Å². The van der Waals surface area contributed by atoms with E-state index in [1.807, 2.05) is 30.0 Å². The summed E-state index contributed by atoms with van der Waals surface area (Å²) < 4.78 is 2.12. The van der Waals surface area contributed by atoms with Gasteiger partial charge in [-0.3, -0.25) is 4.57 Å². The predicted octanol–water partition coefficient (Wildman–Crippen LogP) is 4.06. The molecule has 0 spiro atoms. The van der Waals surface area contributed by atoms with Gasteiger partial charge in [-0.2, -0.15) is 11.8 Å². The van der Waals surface area contributed by atoms with Crippen molar-refractivity contribution in [1.82, 2.24) is 14.8 Å². The van der Waals surface area contributed by atoms with Gasteiger partial charge in [0.25, 0.3) is 0 Å². The zero-order valence-corrected chi connectivity index (χ0v) is 12.4. The molecule has 0 bridgehead atoms. The zero-order chi connectivity index (χ0) is 13.2. The van der Waals surface area contributed by atoms with E-state index in [9.17, 15) is 0 Å². The third-order valence-corrected chi connectivity index (χ3v) is 5.15. The van der Waals surface area contributed by atoms with Gasteiger partial charge < -0.3 is 0 Å². The fraction of sp³-hybridized carbons (Fsp3) is 0.429. The fourth-order valence-corrected chi connectivity index (χ4v) is 4.04. The number of aromatic nitrogens is 3. The molecule has 0 radical (unpaired) electrons. The van der Waals surface area contributed by atoms with E-state index in [-0.39, 0.29) is 0 Å². The van der Waals surface area contributed by atoms with Gasteiger partial charge in [0, 0.05) is 16.9 Å². The summed E-state index contributed by atoms with van der Waals surface area (Å²) in [4.78, 5) is 0. The van der Waals surface area contributed by atoms with Gasteiger partial charge in [-0.05, 0) is 30.7 Å². The van der Waals surface area contributed by atoms with Gasteiger partial charge in [0.15, 0.2) is 5.82 Å². The lowest BCUT2D eigenvalue weighted by molar-refractivity contribution is 0.532. The molecule has 1 aromatic heterocycles. The van der Waals surface area contributed by atoms with Crippen molar-refractivity contribution in [2.75, 3.05) is 6.26 Å². The van der Waals surface area contributed by atoms with E-state index >= 15 is 0 Å². The summed E-state index contributed by atoms with van der Waals surface area (Å²) in [5.74, 6) is 0.886. The first-order valence-corrected chi connectivity index (χ1v) is 8.16. The average Bonchev–Trinajstić information content (AvgIpc) is 3.05. The largest absolute Gasteiger partial charge is 0.294 e. The summed E-state index contributed by atoms with van der Waals surface area (Å²) >= 11 is 8.19. The second kappa shape index (κ2) is 5.55. The minimum Gasteiger partial charge on any atom is -0.294 e. The highest BCUT2D eigenvalue weighted by Crippen LogP contribution is 2.40. The Labute approximate surface area is 122 Å². The molecule has 1 saturated carbocycles. The molecule has 2 aromatic rings. The molecule has 100 valence electrons.